The molecule has 3 rings (SSSR count). The Balaban J connectivity index is 1.40. The maximum absolute atomic E-state index is 12.1. The highest BCUT2D eigenvalue weighted by molar-refractivity contribution is 7.14. The van der Waals surface area contributed by atoms with Crippen LogP contribution in [0.2, 0.25) is 0 Å². The van der Waals surface area contributed by atoms with Crippen LogP contribution in [0, 0.1) is 0 Å². The molecule has 0 bridgehead atoms. The van der Waals surface area contributed by atoms with Crippen LogP contribution in [0.25, 0.3) is 10.6 Å². The van der Waals surface area contributed by atoms with Gasteiger partial charge in [-0.05, 0) is 50.5 Å². The lowest BCUT2D eigenvalue weighted by Gasteiger charge is -2.15. The molecule has 2 aromatic rings. The number of carbonyl (C=O) groups is 2. The lowest BCUT2D eigenvalue weighted by Crippen LogP contribution is -2.36. The first kappa shape index (κ1) is 19.8. The molecule has 0 fully saturated rings. The van der Waals surface area contributed by atoms with E-state index in [0.29, 0.717) is 12.2 Å². The SMILES string of the molecule is C[C@H](OC(=O)Cc1csc(-c2ccsc2)n1)C(=O)NCCC1=CCCCC1. The summed E-state index contributed by atoms with van der Waals surface area (Å²) in [5.74, 6) is -0.688. The number of carbonyl (C=O) groups excluding carboxylic acids is 2. The van der Waals surface area contributed by atoms with Crippen LogP contribution in [0.3, 0.4) is 0 Å². The van der Waals surface area contributed by atoms with E-state index in [1.54, 1.807) is 18.3 Å². The fourth-order valence-corrected chi connectivity index (χ4v) is 4.50. The first-order valence-corrected chi connectivity index (χ1v) is 11.1. The zero-order valence-corrected chi connectivity index (χ0v) is 17.0. The predicted molar refractivity (Wildman–Crippen MR) is 109 cm³/mol. The summed E-state index contributed by atoms with van der Waals surface area (Å²) in [5, 5.41) is 9.62. The second-order valence-electron chi connectivity index (χ2n) is 6.61. The van der Waals surface area contributed by atoms with Crippen LogP contribution >= 0.6 is 22.7 Å². The summed E-state index contributed by atoms with van der Waals surface area (Å²) in [6.45, 7) is 2.19. The number of ether oxygens (including phenoxy) is 1. The molecule has 1 amide bonds. The van der Waals surface area contributed by atoms with Crippen molar-refractivity contribution in [3.05, 3.63) is 39.5 Å². The smallest absolute Gasteiger partial charge is 0.312 e. The molecule has 1 aliphatic rings. The molecule has 1 N–H and O–H groups in total. The van der Waals surface area contributed by atoms with E-state index in [4.69, 9.17) is 4.74 Å². The van der Waals surface area contributed by atoms with Crippen molar-refractivity contribution < 1.29 is 14.3 Å². The Morgan fingerprint density at radius 3 is 2.96 bits per heavy atom. The van der Waals surface area contributed by atoms with Crippen LogP contribution in [0.15, 0.2) is 33.9 Å². The summed E-state index contributed by atoms with van der Waals surface area (Å²) in [4.78, 5) is 28.7. The van der Waals surface area contributed by atoms with Crippen molar-refractivity contribution in [2.24, 2.45) is 0 Å². The summed E-state index contributed by atoms with van der Waals surface area (Å²) >= 11 is 3.11. The second-order valence-corrected chi connectivity index (χ2v) is 8.25. The van der Waals surface area contributed by atoms with Gasteiger partial charge in [-0.2, -0.15) is 11.3 Å². The van der Waals surface area contributed by atoms with Gasteiger partial charge in [0.1, 0.15) is 5.01 Å². The molecule has 27 heavy (non-hydrogen) atoms. The Bertz CT molecular complexity index is 796. The predicted octanol–water partition coefficient (Wildman–Crippen LogP) is 4.35. The summed E-state index contributed by atoms with van der Waals surface area (Å²) in [7, 11) is 0. The molecule has 5 nitrogen and oxygen atoms in total. The lowest BCUT2D eigenvalue weighted by molar-refractivity contribution is -0.154. The minimum absolute atomic E-state index is 0.0745. The molecule has 0 saturated heterocycles. The molecule has 1 aliphatic carbocycles. The van der Waals surface area contributed by atoms with Gasteiger partial charge in [-0.15, -0.1) is 11.3 Å². The van der Waals surface area contributed by atoms with Gasteiger partial charge in [0.05, 0.1) is 12.1 Å². The fourth-order valence-electron chi connectivity index (χ4n) is 2.97. The summed E-state index contributed by atoms with van der Waals surface area (Å²) < 4.78 is 5.26. The maximum Gasteiger partial charge on any atom is 0.312 e. The minimum atomic E-state index is -0.798. The maximum atomic E-state index is 12.1. The highest BCUT2D eigenvalue weighted by Gasteiger charge is 2.19. The van der Waals surface area contributed by atoms with Crippen molar-refractivity contribution in [3.63, 3.8) is 0 Å². The molecule has 0 aromatic carbocycles. The number of nitrogens with zero attached hydrogens (tertiary/aromatic N) is 1. The van der Waals surface area contributed by atoms with Crippen molar-refractivity contribution in [2.45, 2.75) is 51.6 Å². The Hall–Kier alpha value is -1.99. The number of hydrogen-bond donors (Lipinski definition) is 1. The van der Waals surface area contributed by atoms with Crippen molar-refractivity contribution in [1.29, 1.82) is 0 Å². The second kappa shape index (κ2) is 9.80. The number of thiophene rings is 1. The van der Waals surface area contributed by atoms with Crippen molar-refractivity contribution in [1.82, 2.24) is 10.3 Å². The summed E-state index contributed by atoms with van der Waals surface area (Å²) in [6.07, 6.45) is 7.19. The van der Waals surface area contributed by atoms with Crippen LogP contribution in [-0.2, 0) is 20.7 Å². The molecular weight excluding hydrogens is 380 g/mol. The number of thiazole rings is 1. The van der Waals surface area contributed by atoms with Crippen LogP contribution in [0.4, 0.5) is 0 Å². The van der Waals surface area contributed by atoms with Gasteiger partial charge in [-0.3, -0.25) is 9.59 Å². The standard InChI is InChI=1S/C20H24N2O3S2/c1-14(19(24)21-9-7-15-5-3-2-4-6-15)25-18(23)11-17-13-27-20(22-17)16-8-10-26-12-16/h5,8,10,12-14H,2-4,6-7,9,11H2,1H3,(H,21,24)/t14-/m0/s1. The molecular formula is C20H24N2O3S2. The summed E-state index contributed by atoms with van der Waals surface area (Å²) in [5.41, 5.74) is 3.14. The van der Waals surface area contributed by atoms with Gasteiger partial charge in [0.25, 0.3) is 5.91 Å². The van der Waals surface area contributed by atoms with Crippen LogP contribution in [-0.4, -0.2) is 29.5 Å². The van der Waals surface area contributed by atoms with E-state index in [-0.39, 0.29) is 12.3 Å². The highest BCUT2D eigenvalue weighted by Crippen LogP contribution is 2.26. The van der Waals surface area contributed by atoms with Gasteiger partial charge in [0, 0.05) is 22.9 Å². The van der Waals surface area contributed by atoms with Gasteiger partial charge >= 0.3 is 5.97 Å². The first-order chi connectivity index (χ1) is 13.1. The number of nitrogens with one attached hydrogen (secondary N) is 1. The van der Waals surface area contributed by atoms with Gasteiger partial charge in [0.2, 0.25) is 0 Å². The van der Waals surface area contributed by atoms with Crippen LogP contribution < -0.4 is 5.32 Å². The molecule has 0 unspecified atom stereocenters. The van der Waals surface area contributed by atoms with E-state index in [1.807, 2.05) is 22.2 Å². The van der Waals surface area contributed by atoms with E-state index < -0.39 is 12.1 Å². The number of hydrogen-bond acceptors (Lipinski definition) is 6. The zero-order chi connectivity index (χ0) is 19.1. The minimum Gasteiger partial charge on any atom is -0.452 e. The third-order valence-electron chi connectivity index (χ3n) is 4.45. The van der Waals surface area contributed by atoms with Gasteiger partial charge in [-0.1, -0.05) is 11.6 Å². The van der Waals surface area contributed by atoms with Crippen molar-refractivity contribution in [3.8, 4) is 10.6 Å². The van der Waals surface area contributed by atoms with Crippen molar-refractivity contribution >= 4 is 34.6 Å². The Morgan fingerprint density at radius 2 is 2.22 bits per heavy atom. The molecule has 144 valence electrons. The Kier molecular flexibility index (Phi) is 7.18. The number of amides is 1. The molecule has 2 heterocycles. The molecule has 0 spiro atoms. The fraction of sp³-hybridized carbons (Fsp3) is 0.450. The van der Waals surface area contributed by atoms with Gasteiger partial charge < -0.3 is 10.1 Å². The average molecular weight is 405 g/mol. The Labute approximate surface area is 167 Å². The van der Waals surface area contributed by atoms with E-state index in [0.717, 1.165) is 29.8 Å². The highest BCUT2D eigenvalue weighted by atomic mass is 32.1. The van der Waals surface area contributed by atoms with Gasteiger partial charge in [-0.25, -0.2) is 4.98 Å². The zero-order valence-electron chi connectivity index (χ0n) is 15.4. The largest absolute Gasteiger partial charge is 0.452 e. The van der Waals surface area contributed by atoms with E-state index in [9.17, 15) is 9.59 Å². The number of allylic oxidation sites excluding steroid dienone is 1. The number of esters is 1. The third kappa shape index (κ3) is 6.01. The lowest BCUT2D eigenvalue weighted by atomic mass is 9.97. The van der Waals surface area contributed by atoms with Crippen LogP contribution in [0.5, 0.6) is 0 Å². The first-order valence-electron chi connectivity index (χ1n) is 9.24. The number of rotatable bonds is 8. The monoisotopic (exact) mass is 404 g/mol. The third-order valence-corrected chi connectivity index (χ3v) is 6.08. The molecule has 7 heteroatoms. The molecule has 2 aromatic heterocycles. The van der Waals surface area contributed by atoms with Crippen LogP contribution in [0.1, 0.15) is 44.7 Å². The molecule has 0 radical (unpaired) electrons. The number of aromatic nitrogens is 1. The van der Waals surface area contributed by atoms with Gasteiger partial charge in [0.15, 0.2) is 6.10 Å². The molecule has 0 aliphatic heterocycles. The quantitative estimate of drug-likeness (QED) is 0.524. The average Bonchev–Trinajstić information content (AvgIpc) is 3.34. The summed E-state index contributed by atoms with van der Waals surface area (Å²) in [6, 6.07) is 2.00. The topological polar surface area (TPSA) is 68.3 Å². The van der Waals surface area contributed by atoms with Crippen molar-refractivity contribution in [2.75, 3.05) is 6.54 Å². The van der Waals surface area contributed by atoms with E-state index >= 15 is 0 Å². The molecule has 0 saturated carbocycles. The normalized spacial score (nSPS) is 15.1. The van der Waals surface area contributed by atoms with E-state index in [1.165, 1.54) is 29.8 Å². The Morgan fingerprint density at radius 1 is 1.33 bits per heavy atom. The molecule has 1 atom stereocenters. The van der Waals surface area contributed by atoms with E-state index in [2.05, 4.69) is 16.4 Å².